The van der Waals surface area contributed by atoms with Crippen molar-refractivity contribution in [2.75, 3.05) is 12.4 Å². The highest BCUT2D eigenvalue weighted by molar-refractivity contribution is 5.90. The molecule has 0 aliphatic carbocycles. The van der Waals surface area contributed by atoms with Crippen LogP contribution in [0.1, 0.15) is 6.42 Å². The summed E-state index contributed by atoms with van der Waals surface area (Å²) in [6.45, 7) is 0.165. The molecule has 2 aromatic carbocycles. The molecular formula is C18H17N3O4. The van der Waals surface area contributed by atoms with E-state index in [-0.39, 0.29) is 18.9 Å². The van der Waals surface area contributed by atoms with E-state index in [0.717, 1.165) is 0 Å². The second kappa shape index (κ2) is 7.04. The fourth-order valence-corrected chi connectivity index (χ4v) is 2.58. The molecule has 128 valence electrons. The number of carbonyl (C=O) groups is 1. The average molecular weight is 339 g/mol. The van der Waals surface area contributed by atoms with Gasteiger partial charge in [-0.05, 0) is 36.4 Å². The number of para-hydroxylation sites is 1. The number of H-pyrrole nitrogens is 1. The predicted molar refractivity (Wildman–Crippen MR) is 95.1 cm³/mol. The maximum absolute atomic E-state index is 12.1. The Bertz CT molecular complexity index is 1020. The molecule has 7 heteroatoms. The standard InChI is InChI=1S/C18H17N3O4/c1-25-13-8-6-12(7-9-13)19-16(22)10-11-21-15-5-3-2-4-14(15)17(23)20-18(21)24/h2-9H,10-11H2,1H3,(H,19,22)(H,20,23,24). The van der Waals surface area contributed by atoms with Crippen LogP contribution >= 0.6 is 0 Å². The van der Waals surface area contributed by atoms with Gasteiger partial charge in [0.05, 0.1) is 18.0 Å². The van der Waals surface area contributed by atoms with Gasteiger partial charge in [-0.15, -0.1) is 0 Å². The number of rotatable bonds is 5. The van der Waals surface area contributed by atoms with Gasteiger partial charge in [-0.3, -0.25) is 19.1 Å². The first kappa shape index (κ1) is 16.5. The molecular weight excluding hydrogens is 322 g/mol. The molecule has 1 heterocycles. The van der Waals surface area contributed by atoms with Crippen molar-refractivity contribution >= 4 is 22.5 Å². The Hall–Kier alpha value is -3.35. The minimum absolute atomic E-state index is 0.0992. The lowest BCUT2D eigenvalue weighted by molar-refractivity contribution is -0.116. The predicted octanol–water partition coefficient (Wildman–Crippen LogP) is 1.73. The number of ether oxygens (including phenoxy) is 1. The summed E-state index contributed by atoms with van der Waals surface area (Å²) in [7, 11) is 1.57. The lowest BCUT2D eigenvalue weighted by atomic mass is 10.2. The third-order valence-electron chi connectivity index (χ3n) is 3.84. The monoisotopic (exact) mass is 339 g/mol. The number of anilines is 1. The molecule has 3 rings (SSSR count). The van der Waals surface area contributed by atoms with Gasteiger partial charge in [-0.2, -0.15) is 0 Å². The zero-order valence-corrected chi connectivity index (χ0v) is 13.6. The highest BCUT2D eigenvalue weighted by atomic mass is 16.5. The number of hydrogen-bond donors (Lipinski definition) is 2. The van der Waals surface area contributed by atoms with Gasteiger partial charge in [0.25, 0.3) is 5.56 Å². The van der Waals surface area contributed by atoms with Crippen molar-refractivity contribution in [3.05, 3.63) is 69.4 Å². The van der Waals surface area contributed by atoms with Crippen molar-refractivity contribution in [3.8, 4) is 5.75 Å². The molecule has 0 spiro atoms. The molecule has 0 unspecified atom stereocenters. The highest BCUT2D eigenvalue weighted by Crippen LogP contribution is 2.15. The number of benzene rings is 2. The number of nitrogens with zero attached hydrogens (tertiary/aromatic N) is 1. The van der Waals surface area contributed by atoms with E-state index in [9.17, 15) is 14.4 Å². The Balaban J connectivity index is 1.75. The molecule has 1 aromatic heterocycles. The molecule has 0 aliphatic heterocycles. The van der Waals surface area contributed by atoms with E-state index in [2.05, 4.69) is 10.3 Å². The van der Waals surface area contributed by atoms with Crippen molar-refractivity contribution in [1.82, 2.24) is 9.55 Å². The van der Waals surface area contributed by atoms with Gasteiger partial charge in [0.1, 0.15) is 5.75 Å². The van der Waals surface area contributed by atoms with Gasteiger partial charge in [-0.1, -0.05) is 12.1 Å². The second-order valence-electron chi connectivity index (χ2n) is 5.45. The number of hydrogen-bond acceptors (Lipinski definition) is 4. The Morgan fingerprint density at radius 1 is 1.12 bits per heavy atom. The SMILES string of the molecule is COc1ccc(NC(=O)CCn2c(=O)[nH]c(=O)c3ccccc32)cc1. The van der Waals surface area contributed by atoms with E-state index in [0.29, 0.717) is 22.3 Å². The highest BCUT2D eigenvalue weighted by Gasteiger charge is 2.09. The van der Waals surface area contributed by atoms with Crippen molar-refractivity contribution in [2.45, 2.75) is 13.0 Å². The fraction of sp³-hybridized carbons (Fsp3) is 0.167. The molecule has 3 aromatic rings. The minimum atomic E-state index is -0.527. The Labute approximate surface area is 142 Å². The topological polar surface area (TPSA) is 93.2 Å². The van der Waals surface area contributed by atoms with E-state index < -0.39 is 11.2 Å². The maximum atomic E-state index is 12.1. The minimum Gasteiger partial charge on any atom is -0.497 e. The summed E-state index contributed by atoms with van der Waals surface area (Å²) < 4.78 is 6.46. The third kappa shape index (κ3) is 3.60. The third-order valence-corrected chi connectivity index (χ3v) is 3.84. The van der Waals surface area contributed by atoms with Crippen LogP contribution in [0.4, 0.5) is 5.69 Å². The zero-order chi connectivity index (χ0) is 17.8. The quantitative estimate of drug-likeness (QED) is 0.740. The molecule has 0 radical (unpaired) electrons. The van der Waals surface area contributed by atoms with Crippen LogP contribution < -0.4 is 21.3 Å². The van der Waals surface area contributed by atoms with Crippen LogP contribution in [-0.4, -0.2) is 22.6 Å². The number of nitrogens with one attached hydrogen (secondary N) is 2. The van der Waals surface area contributed by atoms with Gasteiger partial charge < -0.3 is 10.1 Å². The van der Waals surface area contributed by atoms with Crippen LogP contribution in [-0.2, 0) is 11.3 Å². The number of fused-ring (bicyclic) bond motifs is 1. The number of aromatic nitrogens is 2. The maximum Gasteiger partial charge on any atom is 0.328 e. The van der Waals surface area contributed by atoms with Gasteiger partial charge in [0, 0.05) is 18.7 Å². The Kier molecular flexibility index (Phi) is 4.65. The van der Waals surface area contributed by atoms with Crippen LogP contribution in [0.25, 0.3) is 10.9 Å². The molecule has 0 aliphatic rings. The van der Waals surface area contributed by atoms with Crippen molar-refractivity contribution in [3.63, 3.8) is 0 Å². The second-order valence-corrected chi connectivity index (χ2v) is 5.45. The number of aryl methyl sites for hydroxylation is 1. The zero-order valence-electron chi connectivity index (χ0n) is 13.6. The molecule has 0 bridgehead atoms. The Morgan fingerprint density at radius 2 is 1.84 bits per heavy atom. The average Bonchev–Trinajstić information content (AvgIpc) is 2.62. The van der Waals surface area contributed by atoms with E-state index in [1.165, 1.54) is 4.57 Å². The fourth-order valence-electron chi connectivity index (χ4n) is 2.58. The van der Waals surface area contributed by atoms with Crippen LogP contribution in [0.2, 0.25) is 0 Å². The van der Waals surface area contributed by atoms with Crippen molar-refractivity contribution < 1.29 is 9.53 Å². The van der Waals surface area contributed by atoms with Crippen LogP contribution in [0, 0.1) is 0 Å². The van der Waals surface area contributed by atoms with Crippen LogP contribution in [0.3, 0.4) is 0 Å². The van der Waals surface area contributed by atoms with Crippen LogP contribution in [0.5, 0.6) is 5.75 Å². The largest absolute Gasteiger partial charge is 0.497 e. The normalized spacial score (nSPS) is 10.6. The summed E-state index contributed by atoms with van der Waals surface area (Å²) in [5.41, 5.74) is 0.193. The van der Waals surface area contributed by atoms with Gasteiger partial charge >= 0.3 is 5.69 Å². The summed E-state index contributed by atoms with van der Waals surface area (Å²) >= 11 is 0. The molecule has 0 saturated heterocycles. The van der Waals surface area contributed by atoms with E-state index in [1.54, 1.807) is 55.6 Å². The van der Waals surface area contributed by atoms with Crippen LogP contribution in [0.15, 0.2) is 58.1 Å². The molecule has 0 fully saturated rings. The lowest BCUT2D eigenvalue weighted by Gasteiger charge is -2.10. The number of amides is 1. The van der Waals surface area contributed by atoms with Gasteiger partial charge in [0.2, 0.25) is 5.91 Å². The molecule has 25 heavy (non-hydrogen) atoms. The summed E-state index contributed by atoms with van der Waals surface area (Å²) in [6, 6.07) is 13.8. The molecule has 1 amide bonds. The first-order valence-electron chi connectivity index (χ1n) is 7.74. The first-order valence-corrected chi connectivity index (χ1v) is 7.74. The summed E-state index contributed by atoms with van der Waals surface area (Å²) in [6.07, 6.45) is 0.0992. The summed E-state index contributed by atoms with van der Waals surface area (Å²) in [5.74, 6) is 0.469. The Morgan fingerprint density at radius 3 is 2.56 bits per heavy atom. The van der Waals surface area contributed by atoms with Gasteiger partial charge in [-0.25, -0.2) is 4.79 Å². The number of methoxy groups -OCH3 is 1. The van der Waals surface area contributed by atoms with Crippen molar-refractivity contribution in [1.29, 1.82) is 0 Å². The van der Waals surface area contributed by atoms with Gasteiger partial charge in [0.15, 0.2) is 0 Å². The van der Waals surface area contributed by atoms with Crippen molar-refractivity contribution in [2.24, 2.45) is 0 Å². The lowest BCUT2D eigenvalue weighted by Crippen LogP contribution is -2.31. The summed E-state index contributed by atoms with van der Waals surface area (Å²) in [4.78, 5) is 38.3. The number of aromatic amines is 1. The van der Waals surface area contributed by atoms with E-state index >= 15 is 0 Å². The van der Waals surface area contributed by atoms with E-state index in [1.807, 2.05) is 0 Å². The van der Waals surface area contributed by atoms with E-state index in [4.69, 9.17) is 4.74 Å². The summed E-state index contributed by atoms with van der Waals surface area (Å²) in [5, 5.41) is 3.18. The smallest absolute Gasteiger partial charge is 0.328 e. The molecule has 0 saturated carbocycles. The molecule has 0 atom stereocenters. The molecule has 7 nitrogen and oxygen atoms in total. The molecule has 2 N–H and O–H groups in total. The first-order chi connectivity index (χ1) is 12.1. The number of carbonyl (C=O) groups excluding carboxylic acids is 1.